The van der Waals surface area contributed by atoms with Crippen LogP contribution in [0, 0.1) is 5.92 Å². The van der Waals surface area contributed by atoms with E-state index in [4.69, 9.17) is 4.74 Å². The molecular formula is C16H18FN3O2. The lowest BCUT2D eigenvalue weighted by Crippen LogP contribution is -2.30. The lowest BCUT2D eigenvalue weighted by molar-refractivity contribution is 0.0771. The van der Waals surface area contributed by atoms with Crippen molar-refractivity contribution in [2.75, 3.05) is 6.54 Å². The monoisotopic (exact) mass is 303 g/mol. The summed E-state index contributed by atoms with van der Waals surface area (Å²) in [6.45, 7) is 2.95. The molecular weight excluding hydrogens is 285 g/mol. The predicted molar refractivity (Wildman–Crippen MR) is 79.0 cm³/mol. The minimum atomic E-state index is -1.16. The van der Waals surface area contributed by atoms with E-state index in [0.717, 1.165) is 12.1 Å². The van der Waals surface area contributed by atoms with E-state index < -0.39 is 12.4 Å². The minimum absolute atomic E-state index is 0.0747. The van der Waals surface area contributed by atoms with E-state index >= 15 is 0 Å². The van der Waals surface area contributed by atoms with Crippen molar-refractivity contribution in [2.24, 2.45) is 11.0 Å². The number of carbonyl (C=O) groups excluding carboxylic acids is 1. The van der Waals surface area contributed by atoms with Crippen molar-refractivity contribution >= 4 is 11.8 Å². The topological polar surface area (TPSA) is 53.9 Å². The van der Waals surface area contributed by atoms with Crippen molar-refractivity contribution in [1.29, 1.82) is 0 Å². The van der Waals surface area contributed by atoms with E-state index in [0.29, 0.717) is 29.5 Å². The van der Waals surface area contributed by atoms with Crippen LogP contribution < -0.4 is 5.43 Å². The van der Waals surface area contributed by atoms with Crippen molar-refractivity contribution < 1.29 is 13.9 Å². The molecule has 5 nitrogen and oxygen atoms in total. The van der Waals surface area contributed by atoms with Gasteiger partial charge in [0, 0.05) is 24.2 Å². The lowest BCUT2D eigenvalue weighted by atomic mass is 10.1. The summed E-state index contributed by atoms with van der Waals surface area (Å²) >= 11 is 0. The summed E-state index contributed by atoms with van der Waals surface area (Å²) in [6.07, 6.45) is 0.534. The predicted octanol–water partition coefficient (Wildman–Crippen LogP) is 2.02. The number of halogens is 1. The summed E-state index contributed by atoms with van der Waals surface area (Å²) in [6, 6.07) is 5.61. The molecule has 0 radical (unpaired) electrons. The van der Waals surface area contributed by atoms with E-state index in [1.807, 2.05) is 17.0 Å². The number of ether oxygens (including phenoxy) is 1. The normalized spacial score (nSPS) is 24.6. The van der Waals surface area contributed by atoms with Gasteiger partial charge in [-0.25, -0.2) is 4.39 Å². The second kappa shape index (κ2) is 4.97. The molecule has 1 fully saturated rings. The summed E-state index contributed by atoms with van der Waals surface area (Å²) in [4.78, 5) is 14.4. The van der Waals surface area contributed by atoms with Crippen LogP contribution in [0.4, 0.5) is 4.39 Å². The van der Waals surface area contributed by atoms with Gasteiger partial charge in [-0.15, -0.1) is 5.10 Å². The minimum Gasteiger partial charge on any atom is -0.448 e. The molecule has 1 amide bonds. The summed E-state index contributed by atoms with van der Waals surface area (Å²) in [5, 5.41) is 4.02. The van der Waals surface area contributed by atoms with Crippen LogP contribution in [0.2, 0.25) is 0 Å². The summed E-state index contributed by atoms with van der Waals surface area (Å²) in [7, 11) is 0. The largest absolute Gasteiger partial charge is 0.448 e. The Morgan fingerprint density at radius 3 is 3.00 bits per heavy atom. The number of nitrogens with zero attached hydrogens (tertiary/aromatic N) is 2. The third-order valence-electron chi connectivity index (χ3n) is 4.36. The van der Waals surface area contributed by atoms with Crippen molar-refractivity contribution in [3.8, 4) is 0 Å². The quantitative estimate of drug-likeness (QED) is 0.926. The van der Waals surface area contributed by atoms with Crippen LogP contribution in [0.3, 0.4) is 0 Å². The molecule has 2 heterocycles. The molecule has 2 aliphatic heterocycles. The number of hydrogen-bond acceptors (Lipinski definition) is 4. The highest BCUT2D eigenvalue weighted by atomic mass is 19.1. The van der Waals surface area contributed by atoms with Crippen LogP contribution in [-0.4, -0.2) is 35.6 Å². The standard InChI is InChI=1S/C16H18FN3O2/c1-9(17)14-18-19-15(22-14)11-4-5-12-8-20(7-10-2-3-10)16(21)13(12)6-11/h4-6,9-10,14,18H,2-3,7-8H2,1H3. The molecule has 0 saturated heterocycles. The molecule has 6 heteroatoms. The van der Waals surface area contributed by atoms with Crippen LogP contribution in [0.1, 0.15) is 41.3 Å². The van der Waals surface area contributed by atoms with Crippen molar-refractivity contribution in [3.63, 3.8) is 0 Å². The summed E-state index contributed by atoms with van der Waals surface area (Å²) in [5.74, 6) is 1.09. The molecule has 22 heavy (non-hydrogen) atoms. The number of hydrazone groups is 1. The highest BCUT2D eigenvalue weighted by molar-refractivity contribution is 6.02. The Bertz CT molecular complexity index is 655. The Balaban J connectivity index is 1.54. The second-order valence-corrected chi connectivity index (χ2v) is 6.26. The van der Waals surface area contributed by atoms with Crippen molar-refractivity contribution in [2.45, 2.75) is 38.7 Å². The molecule has 116 valence electrons. The Kier molecular flexibility index (Phi) is 3.06. The van der Waals surface area contributed by atoms with Gasteiger partial charge in [0.1, 0.15) is 0 Å². The van der Waals surface area contributed by atoms with Gasteiger partial charge in [-0.3, -0.25) is 10.2 Å². The zero-order chi connectivity index (χ0) is 15.3. The van der Waals surface area contributed by atoms with Gasteiger partial charge in [-0.1, -0.05) is 6.07 Å². The third-order valence-corrected chi connectivity index (χ3v) is 4.36. The zero-order valence-electron chi connectivity index (χ0n) is 12.4. The molecule has 0 aromatic heterocycles. The maximum Gasteiger partial charge on any atom is 0.254 e. The second-order valence-electron chi connectivity index (χ2n) is 6.26. The van der Waals surface area contributed by atoms with Gasteiger partial charge in [0.05, 0.1) is 0 Å². The molecule has 4 rings (SSSR count). The number of hydrogen-bond donors (Lipinski definition) is 1. The van der Waals surface area contributed by atoms with Gasteiger partial charge in [-0.2, -0.15) is 0 Å². The highest BCUT2D eigenvalue weighted by Crippen LogP contribution is 2.33. The van der Waals surface area contributed by atoms with Gasteiger partial charge in [-0.05, 0) is 43.4 Å². The fraction of sp³-hybridized carbons (Fsp3) is 0.500. The molecule has 1 aromatic carbocycles. The Morgan fingerprint density at radius 1 is 1.50 bits per heavy atom. The number of carbonyl (C=O) groups is 1. The molecule has 0 bridgehead atoms. The van der Waals surface area contributed by atoms with E-state index in [1.54, 1.807) is 6.07 Å². The molecule has 1 saturated carbocycles. The lowest BCUT2D eigenvalue weighted by Gasteiger charge is -2.14. The molecule has 2 atom stereocenters. The maximum absolute atomic E-state index is 13.2. The maximum atomic E-state index is 13.2. The molecule has 1 aliphatic carbocycles. The SMILES string of the molecule is CC(F)C1NN=C(c2ccc3c(c2)C(=O)N(CC2CC2)C3)O1. The first-order valence-corrected chi connectivity index (χ1v) is 7.68. The van der Waals surface area contributed by atoms with E-state index in [1.165, 1.54) is 19.8 Å². The molecule has 3 aliphatic rings. The van der Waals surface area contributed by atoms with Crippen molar-refractivity contribution in [3.05, 3.63) is 34.9 Å². The average molecular weight is 303 g/mol. The van der Waals surface area contributed by atoms with Crippen LogP contribution in [0.5, 0.6) is 0 Å². The van der Waals surface area contributed by atoms with Gasteiger partial charge in [0.15, 0.2) is 6.17 Å². The number of amides is 1. The molecule has 0 spiro atoms. The smallest absolute Gasteiger partial charge is 0.254 e. The zero-order valence-corrected chi connectivity index (χ0v) is 12.4. The van der Waals surface area contributed by atoms with Crippen LogP contribution in [0.15, 0.2) is 23.3 Å². The average Bonchev–Trinajstić information content (AvgIpc) is 3.08. The first-order chi connectivity index (χ1) is 10.6. The first kappa shape index (κ1) is 13.5. The molecule has 1 aromatic rings. The molecule has 2 unspecified atom stereocenters. The van der Waals surface area contributed by atoms with Crippen LogP contribution in [-0.2, 0) is 11.3 Å². The summed E-state index contributed by atoms with van der Waals surface area (Å²) < 4.78 is 18.7. The van der Waals surface area contributed by atoms with Crippen LogP contribution in [0.25, 0.3) is 0 Å². The molecule has 1 N–H and O–H groups in total. The van der Waals surface area contributed by atoms with E-state index in [9.17, 15) is 9.18 Å². The number of nitrogens with one attached hydrogen (secondary N) is 1. The fourth-order valence-corrected chi connectivity index (χ4v) is 2.88. The third kappa shape index (κ3) is 2.32. The Morgan fingerprint density at radius 2 is 2.32 bits per heavy atom. The van der Waals surface area contributed by atoms with Crippen molar-refractivity contribution in [1.82, 2.24) is 10.3 Å². The number of rotatable bonds is 4. The first-order valence-electron chi connectivity index (χ1n) is 7.68. The van der Waals surface area contributed by atoms with E-state index in [-0.39, 0.29) is 5.91 Å². The van der Waals surface area contributed by atoms with Gasteiger partial charge >= 0.3 is 0 Å². The van der Waals surface area contributed by atoms with Gasteiger partial charge < -0.3 is 9.64 Å². The Hall–Kier alpha value is -2.11. The van der Waals surface area contributed by atoms with Crippen LogP contribution >= 0.6 is 0 Å². The van der Waals surface area contributed by atoms with Gasteiger partial charge in [0.2, 0.25) is 12.1 Å². The fourth-order valence-electron chi connectivity index (χ4n) is 2.88. The van der Waals surface area contributed by atoms with E-state index in [2.05, 4.69) is 10.5 Å². The summed E-state index contributed by atoms with van der Waals surface area (Å²) in [5.41, 5.74) is 5.07. The van der Waals surface area contributed by atoms with Gasteiger partial charge in [0.25, 0.3) is 5.91 Å². The number of fused-ring (bicyclic) bond motifs is 1. The Labute approximate surface area is 128 Å². The highest BCUT2D eigenvalue weighted by Gasteiger charge is 2.33. The number of alkyl halides is 1. The number of benzene rings is 1.